The molecule has 0 aromatic carbocycles. The van der Waals surface area contributed by atoms with Crippen LogP contribution in [0.2, 0.25) is 0 Å². The summed E-state index contributed by atoms with van der Waals surface area (Å²) in [5.41, 5.74) is -5.35. The molecule has 106 valence electrons. The smallest absolute Gasteiger partial charge is 0.196 e. The molecule has 0 rings (SSSR count). The van der Waals surface area contributed by atoms with E-state index in [2.05, 4.69) is 6.58 Å². The predicted molar refractivity (Wildman–Crippen MR) is 53.2 cm³/mol. The van der Waals surface area contributed by atoms with Crippen molar-refractivity contribution in [2.75, 3.05) is 0 Å². The molecule has 0 N–H and O–H groups in total. The van der Waals surface area contributed by atoms with Gasteiger partial charge < -0.3 is 0 Å². The van der Waals surface area contributed by atoms with Gasteiger partial charge in [-0.3, -0.25) is 0 Å². The summed E-state index contributed by atoms with van der Waals surface area (Å²) in [5, 5.41) is 17.6. The summed E-state index contributed by atoms with van der Waals surface area (Å²) in [7, 11) is 0. The second-order valence-corrected chi connectivity index (χ2v) is 4.47. The summed E-state index contributed by atoms with van der Waals surface area (Å²) < 4.78 is 76.2. The Labute approximate surface area is 105 Å². The summed E-state index contributed by atoms with van der Waals surface area (Å²) >= 11 is 0. The van der Waals surface area contributed by atoms with Gasteiger partial charge in [-0.1, -0.05) is 19.9 Å². The Balaban J connectivity index is 6.39. The van der Waals surface area contributed by atoms with Gasteiger partial charge in [0.1, 0.15) is 0 Å². The zero-order chi connectivity index (χ0) is 15.7. The number of nitriles is 2. The number of hydrogen-bond acceptors (Lipinski definition) is 2. The van der Waals surface area contributed by atoms with Crippen LogP contribution in [0.4, 0.5) is 26.3 Å². The van der Waals surface area contributed by atoms with Crippen molar-refractivity contribution < 1.29 is 26.3 Å². The van der Waals surface area contributed by atoms with Gasteiger partial charge >= 0.3 is 12.4 Å². The number of hydrogen-bond donors (Lipinski definition) is 0. The van der Waals surface area contributed by atoms with Gasteiger partial charge in [-0.05, 0) is 0 Å². The maximum atomic E-state index is 12.7. The molecular formula is C11H10F6N2. The van der Waals surface area contributed by atoms with Crippen molar-refractivity contribution >= 4 is 0 Å². The third kappa shape index (κ3) is 2.83. The van der Waals surface area contributed by atoms with E-state index in [1.54, 1.807) is 0 Å². The van der Waals surface area contributed by atoms with Crippen LogP contribution in [-0.4, -0.2) is 12.4 Å². The number of alkyl halides is 6. The third-order valence-corrected chi connectivity index (χ3v) is 2.97. The molecule has 19 heavy (non-hydrogen) atoms. The van der Waals surface area contributed by atoms with Gasteiger partial charge in [0.2, 0.25) is 0 Å². The highest BCUT2D eigenvalue weighted by Gasteiger charge is 2.71. The molecule has 0 radical (unpaired) electrons. The first-order valence-corrected chi connectivity index (χ1v) is 4.89. The minimum atomic E-state index is -5.77. The highest BCUT2D eigenvalue weighted by atomic mass is 19.4. The van der Waals surface area contributed by atoms with Crippen LogP contribution in [-0.2, 0) is 0 Å². The summed E-state index contributed by atoms with van der Waals surface area (Å²) in [4.78, 5) is 0. The fourth-order valence-electron chi connectivity index (χ4n) is 1.65. The zero-order valence-electron chi connectivity index (χ0n) is 10.0. The van der Waals surface area contributed by atoms with Gasteiger partial charge in [-0.25, -0.2) is 0 Å². The van der Waals surface area contributed by atoms with Crippen molar-refractivity contribution in [3.63, 3.8) is 0 Å². The quantitative estimate of drug-likeness (QED) is 0.581. The highest BCUT2D eigenvalue weighted by Crippen LogP contribution is 2.56. The molecule has 0 aliphatic rings. The lowest BCUT2D eigenvalue weighted by atomic mass is 9.60. The van der Waals surface area contributed by atoms with E-state index < -0.39 is 29.1 Å². The first-order chi connectivity index (χ1) is 8.30. The van der Waals surface area contributed by atoms with E-state index in [9.17, 15) is 26.3 Å². The summed E-state index contributed by atoms with van der Waals surface area (Å²) in [5.74, 6) is -4.07. The van der Waals surface area contributed by atoms with Gasteiger partial charge in [-0.2, -0.15) is 36.9 Å². The molecule has 0 spiro atoms. The second-order valence-electron chi connectivity index (χ2n) is 4.47. The predicted octanol–water partition coefficient (Wildman–Crippen LogP) is 3.97. The summed E-state index contributed by atoms with van der Waals surface area (Å²) in [6.07, 6.45) is -10.8. The molecule has 2 nitrogen and oxygen atoms in total. The molecule has 0 heterocycles. The van der Waals surface area contributed by atoms with Gasteiger partial charge in [0.05, 0.1) is 12.1 Å². The van der Waals surface area contributed by atoms with Crippen LogP contribution >= 0.6 is 0 Å². The SMILES string of the molecule is C=CC(C)(C)C(C#N)(C#N)C(C(F)(F)F)C(F)(F)F. The van der Waals surface area contributed by atoms with Crippen molar-refractivity contribution in [1.29, 1.82) is 10.5 Å². The van der Waals surface area contributed by atoms with E-state index in [0.29, 0.717) is 0 Å². The van der Waals surface area contributed by atoms with E-state index >= 15 is 0 Å². The van der Waals surface area contributed by atoms with Crippen LogP contribution in [0, 0.1) is 39.4 Å². The highest BCUT2D eigenvalue weighted by molar-refractivity contribution is 5.27. The van der Waals surface area contributed by atoms with Crippen LogP contribution in [0.25, 0.3) is 0 Å². The van der Waals surface area contributed by atoms with E-state index in [1.807, 2.05) is 0 Å². The Morgan fingerprint density at radius 1 is 0.947 bits per heavy atom. The average molecular weight is 284 g/mol. The van der Waals surface area contributed by atoms with Crippen molar-refractivity contribution in [1.82, 2.24) is 0 Å². The van der Waals surface area contributed by atoms with Crippen LogP contribution in [0.3, 0.4) is 0 Å². The standard InChI is InChI=1S/C11H10F6N2/c1-4-8(2,3)9(5-18,6-19)7(10(12,13)14)11(15,16)17/h4,7H,1H2,2-3H3. The van der Waals surface area contributed by atoms with Gasteiger partial charge in [0.15, 0.2) is 11.3 Å². The average Bonchev–Trinajstić information content (AvgIpc) is 2.21. The van der Waals surface area contributed by atoms with Crippen molar-refractivity contribution in [3.05, 3.63) is 12.7 Å². The molecule has 0 amide bonds. The van der Waals surface area contributed by atoms with Gasteiger partial charge in [0.25, 0.3) is 0 Å². The molecule has 0 atom stereocenters. The third-order valence-electron chi connectivity index (χ3n) is 2.97. The fraction of sp³-hybridized carbons (Fsp3) is 0.636. The molecule has 0 aliphatic heterocycles. The van der Waals surface area contributed by atoms with Crippen molar-refractivity contribution in [3.8, 4) is 12.1 Å². The Hall–Kier alpha value is -1.70. The Bertz CT molecular complexity index is 404. The van der Waals surface area contributed by atoms with Crippen LogP contribution in [0.1, 0.15) is 13.8 Å². The van der Waals surface area contributed by atoms with Crippen LogP contribution in [0.5, 0.6) is 0 Å². The Kier molecular flexibility index (Phi) is 4.34. The number of allylic oxidation sites excluding steroid dienone is 1. The maximum Gasteiger partial charge on any atom is 0.403 e. The topological polar surface area (TPSA) is 47.6 Å². The molecule has 8 heteroatoms. The van der Waals surface area contributed by atoms with Crippen LogP contribution < -0.4 is 0 Å². The first-order valence-electron chi connectivity index (χ1n) is 4.89. The lowest BCUT2D eigenvalue weighted by molar-refractivity contribution is -0.309. The lowest BCUT2D eigenvalue weighted by Gasteiger charge is -2.41. The molecule has 0 aromatic rings. The molecule has 0 unspecified atom stereocenters. The Morgan fingerprint density at radius 2 is 1.26 bits per heavy atom. The minimum Gasteiger partial charge on any atom is -0.196 e. The normalized spacial score (nSPS) is 13.8. The molecule has 0 aromatic heterocycles. The van der Waals surface area contributed by atoms with Gasteiger partial charge in [0, 0.05) is 5.41 Å². The first kappa shape index (κ1) is 17.3. The number of rotatable bonds is 3. The fourth-order valence-corrected chi connectivity index (χ4v) is 1.65. The molecular weight excluding hydrogens is 274 g/mol. The largest absolute Gasteiger partial charge is 0.403 e. The molecule has 0 saturated heterocycles. The molecule has 0 saturated carbocycles. The lowest BCUT2D eigenvalue weighted by Crippen LogP contribution is -2.53. The minimum absolute atomic E-state index is 0.740. The van der Waals surface area contributed by atoms with E-state index in [0.717, 1.165) is 32.1 Å². The Morgan fingerprint density at radius 3 is 1.42 bits per heavy atom. The zero-order valence-corrected chi connectivity index (χ0v) is 10.0. The summed E-state index contributed by atoms with van der Waals surface area (Å²) in [6.45, 7) is 4.96. The number of nitrogens with zero attached hydrogens (tertiary/aromatic N) is 2. The second kappa shape index (κ2) is 4.76. The van der Waals surface area contributed by atoms with Crippen molar-refractivity contribution in [2.45, 2.75) is 26.2 Å². The number of halogens is 6. The van der Waals surface area contributed by atoms with Crippen molar-refractivity contribution in [2.24, 2.45) is 16.7 Å². The molecule has 0 fully saturated rings. The molecule has 0 bridgehead atoms. The van der Waals surface area contributed by atoms with Crippen LogP contribution in [0.15, 0.2) is 12.7 Å². The van der Waals surface area contributed by atoms with E-state index in [4.69, 9.17) is 10.5 Å². The van der Waals surface area contributed by atoms with Gasteiger partial charge in [-0.15, -0.1) is 6.58 Å². The van der Waals surface area contributed by atoms with E-state index in [1.165, 1.54) is 0 Å². The van der Waals surface area contributed by atoms with E-state index in [-0.39, 0.29) is 0 Å². The monoisotopic (exact) mass is 284 g/mol. The summed E-state index contributed by atoms with van der Waals surface area (Å²) in [6, 6.07) is 1.79. The maximum absolute atomic E-state index is 12.7. The molecule has 0 aliphatic carbocycles.